The Bertz CT molecular complexity index is 913. The molecule has 0 aliphatic carbocycles. The van der Waals surface area contributed by atoms with Gasteiger partial charge < -0.3 is 15.2 Å². The second-order valence-electron chi connectivity index (χ2n) is 7.52. The second-order valence-corrected chi connectivity index (χ2v) is 7.52. The van der Waals surface area contributed by atoms with Crippen LogP contribution in [0.4, 0.5) is 0 Å². The molecule has 0 aliphatic rings. The number of aliphatic imine (C=N–C) groups is 1. The predicted molar refractivity (Wildman–Crippen MR) is 123 cm³/mol. The van der Waals surface area contributed by atoms with E-state index in [4.69, 9.17) is 4.52 Å². The zero-order valence-corrected chi connectivity index (χ0v) is 19.5. The van der Waals surface area contributed by atoms with Crippen molar-refractivity contribution in [1.29, 1.82) is 0 Å². The monoisotopic (exact) mass is 509 g/mol. The highest BCUT2D eigenvalue weighted by Gasteiger charge is 2.21. The van der Waals surface area contributed by atoms with E-state index in [0.29, 0.717) is 30.8 Å². The Morgan fingerprint density at radius 3 is 2.45 bits per heavy atom. The minimum atomic E-state index is -0.163. The Balaban J connectivity index is 0.00000300. The third-order valence-corrected chi connectivity index (χ3v) is 4.20. The van der Waals surface area contributed by atoms with Crippen LogP contribution in [0.25, 0.3) is 0 Å². The summed E-state index contributed by atoms with van der Waals surface area (Å²) in [4.78, 5) is 8.70. The van der Waals surface area contributed by atoms with E-state index >= 15 is 0 Å². The van der Waals surface area contributed by atoms with Crippen LogP contribution in [0.2, 0.25) is 0 Å². The second kappa shape index (κ2) is 10.4. The van der Waals surface area contributed by atoms with Crippen molar-refractivity contribution in [3.05, 3.63) is 65.6 Å². The Morgan fingerprint density at radius 1 is 1.10 bits per heavy atom. The number of benzene rings is 1. The third-order valence-electron chi connectivity index (χ3n) is 4.20. The van der Waals surface area contributed by atoms with Gasteiger partial charge in [0.15, 0.2) is 11.8 Å². The summed E-state index contributed by atoms with van der Waals surface area (Å²) in [5.74, 6) is 1.91. The maximum atomic E-state index is 5.32. The van der Waals surface area contributed by atoms with Crippen molar-refractivity contribution in [2.24, 2.45) is 4.99 Å². The lowest BCUT2D eigenvalue weighted by atomic mass is 9.97. The van der Waals surface area contributed by atoms with Gasteiger partial charge in [0, 0.05) is 31.4 Å². The average Bonchev–Trinajstić information content (AvgIpc) is 3.34. The predicted octanol–water partition coefficient (Wildman–Crippen LogP) is 3.10. The summed E-state index contributed by atoms with van der Waals surface area (Å²) in [6.07, 6.45) is 3.75. The highest BCUT2D eigenvalue weighted by Crippen LogP contribution is 2.19. The smallest absolute Gasteiger partial charge is 0.232 e. The van der Waals surface area contributed by atoms with Crippen LogP contribution in [0.15, 0.2) is 52.2 Å². The van der Waals surface area contributed by atoms with Crippen LogP contribution in [-0.4, -0.2) is 32.9 Å². The number of hydrogen-bond acceptors (Lipinski definition) is 5. The van der Waals surface area contributed by atoms with Crippen molar-refractivity contribution in [2.75, 3.05) is 7.05 Å². The molecule has 8 nitrogen and oxygen atoms in total. The minimum Gasteiger partial charge on any atom is -0.352 e. The number of nitrogens with one attached hydrogen (secondary N) is 2. The van der Waals surface area contributed by atoms with Crippen molar-refractivity contribution >= 4 is 29.9 Å². The largest absolute Gasteiger partial charge is 0.352 e. The molecule has 9 heteroatoms. The van der Waals surface area contributed by atoms with Gasteiger partial charge in [-0.2, -0.15) is 10.1 Å². The first-order valence-electron chi connectivity index (χ1n) is 9.27. The van der Waals surface area contributed by atoms with Gasteiger partial charge in [0.05, 0.1) is 13.1 Å². The van der Waals surface area contributed by atoms with Crippen molar-refractivity contribution < 1.29 is 4.52 Å². The molecule has 0 amide bonds. The first kappa shape index (κ1) is 22.9. The molecule has 0 saturated heterocycles. The van der Waals surface area contributed by atoms with Crippen LogP contribution < -0.4 is 10.6 Å². The summed E-state index contributed by atoms with van der Waals surface area (Å²) in [6, 6.07) is 10.2. The zero-order valence-electron chi connectivity index (χ0n) is 17.2. The summed E-state index contributed by atoms with van der Waals surface area (Å²) in [7, 11) is 1.74. The molecule has 0 fully saturated rings. The normalized spacial score (nSPS) is 11.8. The van der Waals surface area contributed by atoms with Gasteiger partial charge in [-0.1, -0.05) is 50.2 Å². The van der Waals surface area contributed by atoms with Crippen LogP contribution >= 0.6 is 24.0 Å². The summed E-state index contributed by atoms with van der Waals surface area (Å²) < 4.78 is 7.23. The lowest BCUT2D eigenvalue weighted by Gasteiger charge is -2.14. The van der Waals surface area contributed by atoms with Crippen molar-refractivity contribution in [1.82, 2.24) is 30.6 Å². The molecule has 0 saturated carbocycles. The molecule has 2 heterocycles. The number of hydrogen-bond donors (Lipinski definition) is 2. The molecule has 0 aliphatic heterocycles. The molecule has 0 atom stereocenters. The van der Waals surface area contributed by atoms with Crippen molar-refractivity contribution in [3.63, 3.8) is 0 Å². The maximum absolute atomic E-state index is 5.32. The van der Waals surface area contributed by atoms with Crippen LogP contribution in [0.3, 0.4) is 0 Å². The van der Waals surface area contributed by atoms with Gasteiger partial charge >= 0.3 is 0 Å². The molecule has 29 heavy (non-hydrogen) atoms. The minimum absolute atomic E-state index is 0. The van der Waals surface area contributed by atoms with Crippen molar-refractivity contribution in [3.8, 4) is 0 Å². The van der Waals surface area contributed by atoms with E-state index in [1.54, 1.807) is 13.2 Å². The van der Waals surface area contributed by atoms with Crippen molar-refractivity contribution in [2.45, 2.75) is 45.8 Å². The highest BCUT2D eigenvalue weighted by atomic mass is 127. The Kier molecular flexibility index (Phi) is 8.18. The van der Waals surface area contributed by atoms with E-state index in [2.05, 4.69) is 43.0 Å². The Morgan fingerprint density at radius 2 is 1.83 bits per heavy atom. The topological polar surface area (TPSA) is 93.2 Å². The van der Waals surface area contributed by atoms with Gasteiger partial charge in [-0.15, -0.1) is 24.0 Å². The molecule has 156 valence electrons. The SMILES string of the molecule is CN=C(NCc1noc(C(C)(C)C)n1)NCc1ccccc1Cn1cccn1.I. The van der Waals surface area contributed by atoms with E-state index < -0.39 is 0 Å². The fraction of sp³-hybridized carbons (Fsp3) is 0.400. The fourth-order valence-corrected chi connectivity index (χ4v) is 2.65. The summed E-state index contributed by atoms with van der Waals surface area (Å²) in [5, 5.41) is 14.9. The van der Waals surface area contributed by atoms with E-state index in [1.807, 2.05) is 49.8 Å². The van der Waals surface area contributed by atoms with Gasteiger partial charge in [0.25, 0.3) is 0 Å². The standard InChI is InChI=1S/C20H27N7O.HI/c1-20(2,3)18-25-17(26-28-18)13-23-19(21-4)22-12-15-8-5-6-9-16(15)14-27-11-7-10-24-27;/h5-11H,12-14H2,1-4H3,(H2,21,22,23);1H. The summed E-state index contributed by atoms with van der Waals surface area (Å²) >= 11 is 0. The molecule has 0 radical (unpaired) electrons. The van der Waals surface area contributed by atoms with E-state index in [1.165, 1.54) is 11.1 Å². The number of guanidine groups is 1. The van der Waals surface area contributed by atoms with Crippen LogP contribution in [-0.2, 0) is 25.0 Å². The molecule has 3 rings (SSSR count). The van der Waals surface area contributed by atoms with Gasteiger partial charge in [-0.3, -0.25) is 9.67 Å². The Hall–Kier alpha value is -2.43. The molecular weight excluding hydrogens is 481 g/mol. The third kappa shape index (κ3) is 6.55. The van der Waals surface area contributed by atoms with E-state index in [0.717, 1.165) is 6.54 Å². The highest BCUT2D eigenvalue weighted by molar-refractivity contribution is 14.0. The average molecular weight is 509 g/mol. The van der Waals surface area contributed by atoms with Gasteiger partial charge in [-0.25, -0.2) is 0 Å². The lowest BCUT2D eigenvalue weighted by Crippen LogP contribution is -2.36. The fourth-order valence-electron chi connectivity index (χ4n) is 2.65. The molecule has 2 N–H and O–H groups in total. The van der Waals surface area contributed by atoms with E-state index in [9.17, 15) is 0 Å². The molecule has 0 spiro atoms. The van der Waals surface area contributed by atoms with Crippen LogP contribution in [0, 0.1) is 0 Å². The quantitative estimate of drug-likeness (QED) is 0.302. The summed E-state index contributed by atoms with van der Waals surface area (Å²) in [5.41, 5.74) is 2.24. The van der Waals surface area contributed by atoms with Crippen LogP contribution in [0.1, 0.15) is 43.6 Å². The van der Waals surface area contributed by atoms with Crippen LogP contribution in [0.5, 0.6) is 0 Å². The number of aromatic nitrogens is 4. The molecule has 1 aromatic carbocycles. The zero-order chi connectivity index (χ0) is 20.0. The molecule has 0 unspecified atom stereocenters. The first-order chi connectivity index (χ1) is 13.5. The number of nitrogens with zero attached hydrogens (tertiary/aromatic N) is 5. The first-order valence-corrected chi connectivity index (χ1v) is 9.27. The van der Waals surface area contributed by atoms with E-state index in [-0.39, 0.29) is 29.4 Å². The molecule has 2 aromatic heterocycles. The van der Waals surface area contributed by atoms with Gasteiger partial charge in [0.2, 0.25) is 5.89 Å². The molecule has 0 bridgehead atoms. The summed E-state index contributed by atoms with van der Waals surface area (Å²) in [6.45, 7) is 7.94. The number of halogens is 1. The number of rotatable bonds is 6. The van der Waals surface area contributed by atoms with Gasteiger partial charge in [-0.05, 0) is 17.2 Å². The maximum Gasteiger partial charge on any atom is 0.232 e. The Labute approximate surface area is 188 Å². The van der Waals surface area contributed by atoms with Gasteiger partial charge in [0.1, 0.15) is 0 Å². The molecule has 3 aromatic rings. The molecular formula is C20H28IN7O. The lowest BCUT2D eigenvalue weighted by molar-refractivity contribution is 0.318.